The number of hydrogen-bond acceptors (Lipinski definition) is 4. The third-order valence-corrected chi connectivity index (χ3v) is 6.84. The van der Waals surface area contributed by atoms with E-state index in [0.717, 1.165) is 20.4 Å². The average Bonchev–Trinajstić information content (AvgIpc) is 2.73. The van der Waals surface area contributed by atoms with Crippen LogP contribution in [0.3, 0.4) is 0 Å². The summed E-state index contributed by atoms with van der Waals surface area (Å²) in [6.07, 6.45) is 1.14. The van der Waals surface area contributed by atoms with Crippen molar-refractivity contribution in [1.82, 2.24) is 0 Å². The van der Waals surface area contributed by atoms with Crippen molar-refractivity contribution in [2.45, 2.75) is 31.6 Å². The van der Waals surface area contributed by atoms with E-state index in [2.05, 4.69) is 34.7 Å². The highest BCUT2D eigenvalue weighted by Gasteiger charge is 2.45. The van der Waals surface area contributed by atoms with Crippen LogP contribution in [0.15, 0.2) is 70.9 Å². The van der Waals surface area contributed by atoms with Crippen LogP contribution in [0, 0.1) is 9.49 Å². The molecule has 2 aromatic carbocycles. The maximum Gasteiger partial charge on any atom is 0.315 e. The van der Waals surface area contributed by atoms with Crippen molar-refractivity contribution in [1.29, 1.82) is 0 Å². The summed E-state index contributed by atoms with van der Waals surface area (Å²) in [6.45, 7) is 1.87. The van der Waals surface area contributed by atoms with Crippen molar-refractivity contribution in [2.75, 3.05) is 7.11 Å². The zero-order valence-electron chi connectivity index (χ0n) is 16.4. The SMILES string of the molecule is COC(=O)C1C(C)=NC2=C(C(=O)C[C@H](c3ccccc3)C2)[C@@H]1c1ccccc1I. The molecule has 0 saturated carbocycles. The third-order valence-electron chi connectivity index (χ3n) is 5.85. The zero-order valence-corrected chi connectivity index (χ0v) is 18.5. The number of hydrogen-bond donors (Lipinski definition) is 0. The smallest absolute Gasteiger partial charge is 0.315 e. The molecule has 0 radical (unpaired) electrons. The standard InChI is InChI=1S/C24H22INO3/c1-14-21(24(28)29-2)22(17-10-6-7-11-18(17)25)23-19(26-14)12-16(13-20(23)27)15-8-4-3-5-9-15/h3-11,16,21-22H,12-13H2,1-2H3/t16-,21?,22-/m1/s1. The van der Waals surface area contributed by atoms with Gasteiger partial charge < -0.3 is 4.74 Å². The topological polar surface area (TPSA) is 55.7 Å². The highest BCUT2D eigenvalue weighted by atomic mass is 127. The summed E-state index contributed by atoms with van der Waals surface area (Å²) in [4.78, 5) is 30.8. The van der Waals surface area contributed by atoms with E-state index in [4.69, 9.17) is 9.73 Å². The van der Waals surface area contributed by atoms with Crippen LogP contribution in [0.1, 0.15) is 42.7 Å². The van der Waals surface area contributed by atoms with Crippen LogP contribution in [-0.2, 0) is 14.3 Å². The molecule has 2 aromatic rings. The largest absolute Gasteiger partial charge is 0.468 e. The number of carbonyl (C=O) groups is 2. The Kier molecular flexibility index (Phi) is 5.67. The van der Waals surface area contributed by atoms with Gasteiger partial charge in [0.1, 0.15) is 5.92 Å². The highest BCUT2D eigenvalue weighted by molar-refractivity contribution is 14.1. The molecule has 0 spiro atoms. The Labute approximate surface area is 184 Å². The minimum atomic E-state index is -0.577. The van der Waals surface area contributed by atoms with E-state index in [9.17, 15) is 9.59 Å². The van der Waals surface area contributed by atoms with Crippen molar-refractivity contribution in [2.24, 2.45) is 10.9 Å². The van der Waals surface area contributed by atoms with E-state index >= 15 is 0 Å². The monoisotopic (exact) mass is 499 g/mol. The predicted octanol–water partition coefficient (Wildman–Crippen LogP) is 5.04. The summed E-state index contributed by atoms with van der Waals surface area (Å²) >= 11 is 2.27. The molecule has 0 bridgehead atoms. The lowest BCUT2D eigenvalue weighted by Gasteiger charge is -2.36. The normalized spacial score (nSPS) is 24.0. The van der Waals surface area contributed by atoms with E-state index in [0.29, 0.717) is 24.1 Å². The van der Waals surface area contributed by atoms with Crippen molar-refractivity contribution in [3.63, 3.8) is 0 Å². The number of halogens is 1. The number of allylic oxidation sites excluding steroid dienone is 2. The van der Waals surface area contributed by atoms with Gasteiger partial charge in [-0.3, -0.25) is 14.6 Å². The molecule has 0 fully saturated rings. The Balaban J connectivity index is 1.84. The van der Waals surface area contributed by atoms with Crippen molar-refractivity contribution in [3.8, 4) is 0 Å². The van der Waals surface area contributed by atoms with Crippen LogP contribution in [0.4, 0.5) is 0 Å². The molecule has 2 aliphatic rings. The average molecular weight is 499 g/mol. The summed E-state index contributed by atoms with van der Waals surface area (Å²) in [5.74, 6) is -1.08. The van der Waals surface area contributed by atoms with Gasteiger partial charge in [-0.1, -0.05) is 48.5 Å². The first kappa shape index (κ1) is 20.0. The minimum Gasteiger partial charge on any atom is -0.468 e. The number of ketones is 1. The van der Waals surface area contributed by atoms with Crippen molar-refractivity contribution >= 4 is 40.1 Å². The Morgan fingerprint density at radius 3 is 2.45 bits per heavy atom. The van der Waals surface area contributed by atoms with Gasteiger partial charge in [-0.2, -0.15) is 0 Å². The number of Topliss-reactive ketones (excluding diaryl/α,β-unsaturated/α-hetero) is 1. The molecule has 1 heterocycles. The number of methoxy groups -OCH3 is 1. The minimum absolute atomic E-state index is 0.0786. The zero-order chi connectivity index (χ0) is 20.5. The van der Waals surface area contributed by atoms with Gasteiger partial charge in [0.05, 0.1) is 7.11 Å². The number of nitrogens with zero attached hydrogens (tertiary/aromatic N) is 1. The van der Waals surface area contributed by atoms with Crippen LogP contribution < -0.4 is 0 Å². The first-order valence-electron chi connectivity index (χ1n) is 9.70. The molecule has 3 atom stereocenters. The van der Waals surface area contributed by atoms with Crippen LogP contribution in [0.5, 0.6) is 0 Å². The molecule has 1 aliphatic carbocycles. The number of carbonyl (C=O) groups excluding carboxylic acids is 2. The first-order chi connectivity index (χ1) is 14.0. The maximum atomic E-state index is 13.4. The molecular formula is C24H22INO3. The highest BCUT2D eigenvalue weighted by Crippen LogP contribution is 2.47. The lowest BCUT2D eigenvalue weighted by molar-refractivity contribution is -0.143. The number of esters is 1. The molecule has 0 saturated heterocycles. The van der Waals surface area contributed by atoms with Gasteiger partial charge in [-0.05, 0) is 59.0 Å². The molecule has 29 heavy (non-hydrogen) atoms. The fourth-order valence-corrected chi connectivity index (χ4v) is 5.24. The lowest BCUT2D eigenvalue weighted by Crippen LogP contribution is -2.38. The first-order valence-corrected chi connectivity index (χ1v) is 10.8. The van der Waals surface area contributed by atoms with Gasteiger partial charge in [-0.15, -0.1) is 0 Å². The summed E-state index contributed by atoms with van der Waals surface area (Å²) in [5, 5.41) is 0. The second-order valence-corrected chi connectivity index (χ2v) is 8.71. The van der Waals surface area contributed by atoms with E-state index in [1.807, 2.05) is 49.4 Å². The van der Waals surface area contributed by atoms with Gasteiger partial charge in [0, 0.05) is 32.9 Å². The van der Waals surface area contributed by atoms with E-state index < -0.39 is 5.92 Å². The Morgan fingerprint density at radius 2 is 1.76 bits per heavy atom. The van der Waals surface area contributed by atoms with Gasteiger partial charge in [-0.25, -0.2) is 0 Å². The molecular weight excluding hydrogens is 477 g/mol. The van der Waals surface area contributed by atoms with Gasteiger partial charge in [0.25, 0.3) is 0 Å². The van der Waals surface area contributed by atoms with Gasteiger partial charge >= 0.3 is 5.97 Å². The van der Waals surface area contributed by atoms with Gasteiger partial charge in [0.2, 0.25) is 0 Å². The lowest BCUT2D eigenvalue weighted by atomic mass is 9.69. The molecule has 0 N–H and O–H groups in total. The second kappa shape index (κ2) is 8.22. The van der Waals surface area contributed by atoms with E-state index in [-0.39, 0.29) is 23.6 Å². The maximum absolute atomic E-state index is 13.4. The Morgan fingerprint density at radius 1 is 1.07 bits per heavy atom. The Bertz CT molecular complexity index is 1030. The quantitative estimate of drug-likeness (QED) is 0.440. The molecule has 5 heteroatoms. The number of rotatable bonds is 3. The van der Waals surface area contributed by atoms with Gasteiger partial charge in [0.15, 0.2) is 5.78 Å². The van der Waals surface area contributed by atoms with E-state index in [1.165, 1.54) is 7.11 Å². The van der Waals surface area contributed by atoms with Crippen LogP contribution >= 0.6 is 22.6 Å². The number of benzene rings is 2. The van der Waals surface area contributed by atoms with Crippen LogP contribution in [-0.4, -0.2) is 24.6 Å². The van der Waals surface area contributed by atoms with Crippen LogP contribution in [0.25, 0.3) is 0 Å². The third kappa shape index (κ3) is 3.68. The van der Waals surface area contributed by atoms with Crippen molar-refractivity contribution in [3.05, 3.63) is 80.6 Å². The van der Waals surface area contributed by atoms with E-state index in [1.54, 1.807) is 0 Å². The number of ether oxygens (including phenoxy) is 1. The van der Waals surface area contributed by atoms with Crippen molar-refractivity contribution < 1.29 is 14.3 Å². The Hall–Kier alpha value is -2.28. The number of aliphatic imine (C=N–C) groups is 1. The summed E-state index contributed by atoms with van der Waals surface area (Å²) in [5.41, 5.74) is 4.35. The van der Waals surface area contributed by atoms with Crippen LogP contribution in [0.2, 0.25) is 0 Å². The fourth-order valence-electron chi connectivity index (χ4n) is 4.52. The summed E-state index contributed by atoms with van der Waals surface area (Å²) < 4.78 is 6.13. The molecule has 0 aromatic heterocycles. The molecule has 0 amide bonds. The predicted molar refractivity (Wildman–Crippen MR) is 121 cm³/mol. The fraction of sp³-hybridized carbons (Fsp3) is 0.292. The molecule has 4 rings (SSSR count). The summed E-state index contributed by atoms with van der Waals surface area (Å²) in [7, 11) is 1.39. The summed E-state index contributed by atoms with van der Waals surface area (Å²) in [6, 6.07) is 18.0. The molecule has 148 valence electrons. The second-order valence-electron chi connectivity index (χ2n) is 7.55. The molecule has 1 unspecified atom stereocenters. The molecule has 4 nitrogen and oxygen atoms in total. The molecule has 1 aliphatic heterocycles.